The average Bonchev–Trinajstić information content (AvgIpc) is 2.76. The minimum Gasteiger partial charge on any atom is -0.492 e. The van der Waals surface area contributed by atoms with Crippen LogP contribution in [0, 0.1) is 6.92 Å². The number of hydrogen-bond acceptors (Lipinski definition) is 4. The molecular formula is C24H24N2O4. The van der Waals surface area contributed by atoms with Gasteiger partial charge in [0, 0.05) is 17.3 Å². The molecule has 2 amide bonds. The number of aryl methyl sites for hydroxylation is 1. The van der Waals surface area contributed by atoms with Crippen molar-refractivity contribution in [3.8, 4) is 11.5 Å². The maximum Gasteiger partial charge on any atom is 0.258 e. The van der Waals surface area contributed by atoms with E-state index in [1.807, 2.05) is 37.3 Å². The van der Waals surface area contributed by atoms with Gasteiger partial charge in [0.2, 0.25) is 0 Å². The molecule has 0 saturated carbocycles. The number of amides is 2. The third kappa shape index (κ3) is 6.67. The van der Waals surface area contributed by atoms with Gasteiger partial charge in [0.1, 0.15) is 18.1 Å². The average molecular weight is 404 g/mol. The van der Waals surface area contributed by atoms with Gasteiger partial charge in [0.15, 0.2) is 6.61 Å². The molecule has 0 fully saturated rings. The highest BCUT2D eigenvalue weighted by Gasteiger charge is 2.07. The first-order chi connectivity index (χ1) is 14.6. The zero-order valence-electron chi connectivity index (χ0n) is 16.8. The Hall–Kier alpha value is -3.80. The Morgan fingerprint density at radius 2 is 1.57 bits per heavy atom. The SMILES string of the molecule is Cc1cccc(OCCNC(=O)COc2cccc(NC(=O)c3ccccc3)c2)c1. The van der Waals surface area contributed by atoms with Gasteiger partial charge in [0.05, 0.1) is 6.54 Å². The van der Waals surface area contributed by atoms with Crippen LogP contribution >= 0.6 is 0 Å². The first kappa shape index (κ1) is 20.9. The van der Waals surface area contributed by atoms with Crippen LogP contribution < -0.4 is 20.1 Å². The molecule has 6 nitrogen and oxygen atoms in total. The van der Waals surface area contributed by atoms with Crippen molar-refractivity contribution in [1.82, 2.24) is 5.32 Å². The maximum absolute atomic E-state index is 12.2. The Morgan fingerprint density at radius 1 is 0.833 bits per heavy atom. The molecule has 0 radical (unpaired) electrons. The highest BCUT2D eigenvalue weighted by Crippen LogP contribution is 2.18. The zero-order chi connectivity index (χ0) is 21.2. The highest BCUT2D eigenvalue weighted by atomic mass is 16.5. The van der Waals surface area contributed by atoms with E-state index in [0.29, 0.717) is 30.2 Å². The van der Waals surface area contributed by atoms with E-state index in [-0.39, 0.29) is 18.4 Å². The Morgan fingerprint density at radius 3 is 2.33 bits per heavy atom. The quantitative estimate of drug-likeness (QED) is 0.532. The molecule has 0 saturated heterocycles. The minimum absolute atomic E-state index is 0.124. The molecule has 2 N–H and O–H groups in total. The van der Waals surface area contributed by atoms with Crippen molar-refractivity contribution in [3.05, 3.63) is 90.0 Å². The van der Waals surface area contributed by atoms with E-state index in [4.69, 9.17) is 9.47 Å². The fourth-order valence-corrected chi connectivity index (χ4v) is 2.72. The summed E-state index contributed by atoms with van der Waals surface area (Å²) in [4.78, 5) is 24.2. The summed E-state index contributed by atoms with van der Waals surface area (Å²) in [6, 6.07) is 23.6. The predicted octanol–water partition coefficient (Wildman–Crippen LogP) is 3.82. The lowest BCUT2D eigenvalue weighted by atomic mass is 10.2. The molecule has 3 aromatic rings. The van der Waals surface area contributed by atoms with E-state index in [1.165, 1.54) is 0 Å². The van der Waals surface area contributed by atoms with Crippen molar-refractivity contribution in [2.45, 2.75) is 6.92 Å². The maximum atomic E-state index is 12.2. The molecule has 0 aromatic heterocycles. The largest absolute Gasteiger partial charge is 0.492 e. The molecule has 0 aliphatic carbocycles. The molecule has 3 rings (SSSR count). The van der Waals surface area contributed by atoms with Crippen LogP contribution in [0.2, 0.25) is 0 Å². The van der Waals surface area contributed by atoms with Crippen molar-refractivity contribution < 1.29 is 19.1 Å². The monoisotopic (exact) mass is 404 g/mol. The number of rotatable bonds is 9. The molecular weight excluding hydrogens is 380 g/mol. The van der Waals surface area contributed by atoms with Gasteiger partial charge in [0.25, 0.3) is 11.8 Å². The molecule has 0 aliphatic rings. The lowest BCUT2D eigenvalue weighted by Gasteiger charge is -2.10. The van der Waals surface area contributed by atoms with E-state index < -0.39 is 0 Å². The van der Waals surface area contributed by atoms with E-state index in [2.05, 4.69) is 10.6 Å². The molecule has 3 aromatic carbocycles. The number of benzene rings is 3. The van der Waals surface area contributed by atoms with Crippen molar-refractivity contribution >= 4 is 17.5 Å². The van der Waals surface area contributed by atoms with Gasteiger partial charge in [-0.3, -0.25) is 9.59 Å². The normalized spacial score (nSPS) is 10.2. The van der Waals surface area contributed by atoms with Gasteiger partial charge in [-0.2, -0.15) is 0 Å². The topological polar surface area (TPSA) is 76.7 Å². The van der Waals surface area contributed by atoms with Crippen LogP contribution in [-0.4, -0.2) is 31.6 Å². The first-order valence-electron chi connectivity index (χ1n) is 9.65. The van der Waals surface area contributed by atoms with Gasteiger partial charge in [-0.25, -0.2) is 0 Å². The van der Waals surface area contributed by atoms with E-state index in [1.54, 1.807) is 48.5 Å². The summed E-state index contributed by atoms with van der Waals surface area (Å²) in [6.45, 7) is 2.62. The summed E-state index contributed by atoms with van der Waals surface area (Å²) in [5.41, 5.74) is 2.27. The van der Waals surface area contributed by atoms with Crippen LogP contribution in [0.4, 0.5) is 5.69 Å². The number of carbonyl (C=O) groups is 2. The Labute approximate surface area is 175 Å². The summed E-state index contributed by atoms with van der Waals surface area (Å²) in [6.07, 6.45) is 0. The summed E-state index contributed by atoms with van der Waals surface area (Å²) in [7, 11) is 0. The lowest BCUT2D eigenvalue weighted by molar-refractivity contribution is -0.123. The molecule has 0 atom stereocenters. The second kappa shape index (κ2) is 10.7. The molecule has 154 valence electrons. The molecule has 0 spiro atoms. The highest BCUT2D eigenvalue weighted by molar-refractivity contribution is 6.04. The van der Waals surface area contributed by atoms with Crippen LogP contribution in [0.15, 0.2) is 78.9 Å². The van der Waals surface area contributed by atoms with Crippen molar-refractivity contribution in [1.29, 1.82) is 0 Å². The molecule has 0 bridgehead atoms. The number of ether oxygens (including phenoxy) is 2. The molecule has 6 heteroatoms. The predicted molar refractivity (Wildman–Crippen MR) is 116 cm³/mol. The number of carbonyl (C=O) groups excluding carboxylic acids is 2. The molecule has 0 unspecified atom stereocenters. The van der Waals surface area contributed by atoms with Crippen molar-refractivity contribution in [2.24, 2.45) is 0 Å². The van der Waals surface area contributed by atoms with Crippen molar-refractivity contribution in [2.75, 3.05) is 25.1 Å². The van der Waals surface area contributed by atoms with Gasteiger partial charge in [-0.15, -0.1) is 0 Å². The third-order valence-corrected chi connectivity index (χ3v) is 4.18. The zero-order valence-corrected chi connectivity index (χ0v) is 16.8. The number of anilines is 1. The second-order valence-corrected chi connectivity index (χ2v) is 6.65. The van der Waals surface area contributed by atoms with Crippen LogP contribution in [0.25, 0.3) is 0 Å². The van der Waals surface area contributed by atoms with E-state index in [9.17, 15) is 9.59 Å². The Kier molecular flexibility index (Phi) is 7.44. The van der Waals surface area contributed by atoms with Crippen LogP contribution in [0.5, 0.6) is 11.5 Å². The van der Waals surface area contributed by atoms with E-state index >= 15 is 0 Å². The van der Waals surface area contributed by atoms with Crippen LogP contribution in [0.3, 0.4) is 0 Å². The molecule has 0 aliphatic heterocycles. The fraction of sp³-hybridized carbons (Fsp3) is 0.167. The van der Waals surface area contributed by atoms with Gasteiger partial charge in [-0.05, 0) is 48.9 Å². The summed E-state index contributed by atoms with van der Waals surface area (Å²) in [5, 5.41) is 5.56. The van der Waals surface area contributed by atoms with Crippen molar-refractivity contribution in [3.63, 3.8) is 0 Å². The van der Waals surface area contributed by atoms with Gasteiger partial charge in [-0.1, -0.05) is 36.4 Å². The third-order valence-electron chi connectivity index (χ3n) is 4.18. The number of hydrogen-bond donors (Lipinski definition) is 2. The first-order valence-corrected chi connectivity index (χ1v) is 9.65. The number of nitrogens with one attached hydrogen (secondary N) is 2. The molecule has 0 heterocycles. The summed E-state index contributed by atoms with van der Waals surface area (Å²) in [5.74, 6) is 0.808. The Bertz CT molecular complexity index is 989. The lowest BCUT2D eigenvalue weighted by Crippen LogP contribution is -2.32. The van der Waals surface area contributed by atoms with Crippen LogP contribution in [-0.2, 0) is 4.79 Å². The standard InChI is InChI=1S/C24H24N2O4/c1-18-7-5-11-21(15-18)29-14-13-25-23(27)17-30-22-12-6-10-20(16-22)26-24(28)19-8-3-2-4-9-19/h2-12,15-16H,13-14,17H2,1H3,(H,25,27)(H,26,28). The van der Waals surface area contributed by atoms with E-state index in [0.717, 1.165) is 11.3 Å². The smallest absolute Gasteiger partial charge is 0.258 e. The van der Waals surface area contributed by atoms with Gasteiger partial charge >= 0.3 is 0 Å². The summed E-state index contributed by atoms with van der Waals surface area (Å²) >= 11 is 0. The molecule has 30 heavy (non-hydrogen) atoms. The second-order valence-electron chi connectivity index (χ2n) is 6.65. The van der Waals surface area contributed by atoms with Gasteiger partial charge < -0.3 is 20.1 Å². The van der Waals surface area contributed by atoms with Crippen LogP contribution in [0.1, 0.15) is 15.9 Å². The minimum atomic E-state index is -0.249. The Balaban J connectivity index is 1.40. The fourth-order valence-electron chi connectivity index (χ4n) is 2.72. The summed E-state index contributed by atoms with van der Waals surface area (Å²) < 4.78 is 11.1.